The minimum atomic E-state index is -0.287. The number of aryl methyl sites for hydroxylation is 1. The van der Waals surface area contributed by atoms with Crippen LogP contribution in [0.25, 0.3) is 0 Å². The van der Waals surface area contributed by atoms with Crippen LogP contribution in [0.2, 0.25) is 0 Å². The first-order chi connectivity index (χ1) is 8.02. The molecule has 0 aliphatic carbocycles. The minimum absolute atomic E-state index is 0.128. The Balaban J connectivity index is 2.50. The summed E-state index contributed by atoms with van der Waals surface area (Å²) < 4.78 is 18.5. The average molecular weight is 240 g/mol. The van der Waals surface area contributed by atoms with Gasteiger partial charge in [-0.05, 0) is 44.0 Å². The molecule has 4 nitrogen and oxygen atoms in total. The summed E-state index contributed by atoms with van der Waals surface area (Å²) >= 11 is 0. The van der Waals surface area contributed by atoms with Crippen molar-refractivity contribution in [2.24, 2.45) is 5.84 Å². The van der Waals surface area contributed by atoms with Gasteiger partial charge in [0.2, 0.25) is 5.91 Å². The average Bonchev–Trinajstić information content (AvgIpc) is 2.29. The van der Waals surface area contributed by atoms with Gasteiger partial charge in [0, 0.05) is 6.42 Å². The van der Waals surface area contributed by atoms with Crippen molar-refractivity contribution in [1.29, 1.82) is 0 Å². The summed E-state index contributed by atoms with van der Waals surface area (Å²) in [5.74, 6) is 5.09. The van der Waals surface area contributed by atoms with Crippen molar-refractivity contribution >= 4 is 5.91 Å². The van der Waals surface area contributed by atoms with Gasteiger partial charge in [-0.2, -0.15) is 0 Å². The van der Waals surface area contributed by atoms with Crippen LogP contribution in [0.15, 0.2) is 18.2 Å². The number of halogens is 1. The van der Waals surface area contributed by atoms with Crippen molar-refractivity contribution in [3.05, 3.63) is 29.6 Å². The number of nitrogens with two attached hydrogens (primary N) is 1. The minimum Gasteiger partial charge on any atom is -0.490 e. The van der Waals surface area contributed by atoms with Crippen molar-refractivity contribution in [1.82, 2.24) is 5.43 Å². The van der Waals surface area contributed by atoms with E-state index in [0.717, 1.165) is 5.56 Å². The molecule has 0 radical (unpaired) electrons. The quantitative estimate of drug-likeness (QED) is 0.467. The van der Waals surface area contributed by atoms with Gasteiger partial charge in [0.1, 0.15) is 11.6 Å². The van der Waals surface area contributed by atoms with Gasteiger partial charge < -0.3 is 4.74 Å². The number of carbonyl (C=O) groups is 1. The van der Waals surface area contributed by atoms with Crippen molar-refractivity contribution in [2.75, 3.05) is 0 Å². The lowest BCUT2D eigenvalue weighted by atomic mass is 10.2. The van der Waals surface area contributed by atoms with Gasteiger partial charge >= 0.3 is 0 Å². The third-order valence-corrected chi connectivity index (χ3v) is 2.40. The molecule has 1 aromatic carbocycles. The fraction of sp³-hybridized carbons (Fsp3) is 0.417. The standard InChI is InChI=1S/C12H17FN2O2/c1-8-7-10(13)4-5-11(8)17-9(2)3-6-12(16)15-14/h4-5,7,9H,3,6,14H2,1-2H3,(H,15,16). The van der Waals surface area contributed by atoms with E-state index in [1.54, 1.807) is 13.0 Å². The van der Waals surface area contributed by atoms with Crippen molar-refractivity contribution < 1.29 is 13.9 Å². The van der Waals surface area contributed by atoms with Crippen LogP contribution in [0.5, 0.6) is 5.75 Å². The maximum atomic E-state index is 12.9. The SMILES string of the molecule is Cc1cc(F)ccc1OC(C)CCC(=O)NN. The number of hydrogen-bond acceptors (Lipinski definition) is 3. The first-order valence-electron chi connectivity index (χ1n) is 5.45. The third kappa shape index (κ3) is 4.40. The number of hydrogen-bond donors (Lipinski definition) is 2. The molecule has 0 fully saturated rings. The second-order valence-corrected chi connectivity index (χ2v) is 3.94. The number of carbonyl (C=O) groups excluding carboxylic acids is 1. The number of ether oxygens (including phenoxy) is 1. The first-order valence-corrected chi connectivity index (χ1v) is 5.45. The second kappa shape index (κ2) is 6.20. The normalized spacial score (nSPS) is 12.0. The lowest BCUT2D eigenvalue weighted by Crippen LogP contribution is -2.30. The Morgan fingerprint density at radius 2 is 2.29 bits per heavy atom. The second-order valence-electron chi connectivity index (χ2n) is 3.94. The number of rotatable bonds is 5. The summed E-state index contributed by atoms with van der Waals surface area (Å²) in [6.07, 6.45) is 0.731. The highest BCUT2D eigenvalue weighted by Crippen LogP contribution is 2.20. The molecule has 17 heavy (non-hydrogen) atoms. The molecule has 3 N–H and O–H groups in total. The molecular weight excluding hydrogens is 223 g/mol. The van der Waals surface area contributed by atoms with E-state index in [9.17, 15) is 9.18 Å². The molecule has 0 aromatic heterocycles. The van der Waals surface area contributed by atoms with Gasteiger partial charge in [0.25, 0.3) is 0 Å². The van der Waals surface area contributed by atoms with Gasteiger partial charge in [-0.1, -0.05) is 0 Å². The Kier molecular flexibility index (Phi) is 4.90. The zero-order chi connectivity index (χ0) is 12.8. The Morgan fingerprint density at radius 3 is 2.88 bits per heavy atom. The van der Waals surface area contributed by atoms with E-state index in [0.29, 0.717) is 18.6 Å². The lowest BCUT2D eigenvalue weighted by Gasteiger charge is -2.16. The fourth-order valence-electron chi connectivity index (χ4n) is 1.43. The molecule has 1 unspecified atom stereocenters. The monoisotopic (exact) mass is 240 g/mol. The van der Waals surface area contributed by atoms with E-state index in [-0.39, 0.29) is 17.8 Å². The molecular formula is C12H17FN2O2. The van der Waals surface area contributed by atoms with Crippen LogP contribution in [-0.2, 0) is 4.79 Å². The predicted octanol–water partition coefficient (Wildman–Crippen LogP) is 1.67. The van der Waals surface area contributed by atoms with Crippen LogP contribution in [0.1, 0.15) is 25.3 Å². The molecule has 0 spiro atoms. The van der Waals surface area contributed by atoms with E-state index in [2.05, 4.69) is 5.43 Å². The van der Waals surface area contributed by atoms with Crippen LogP contribution < -0.4 is 16.0 Å². The van der Waals surface area contributed by atoms with E-state index in [1.807, 2.05) is 6.92 Å². The predicted molar refractivity (Wildman–Crippen MR) is 62.8 cm³/mol. The molecule has 1 rings (SSSR count). The molecule has 0 aliphatic heterocycles. The number of amides is 1. The summed E-state index contributed by atoms with van der Waals surface area (Å²) in [6, 6.07) is 4.35. The number of benzene rings is 1. The Labute approximate surface area is 99.9 Å². The molecule has 0 saturated heterocycles. The van der Waals surface area contributed by atoms with E-state index in [4.69, 9.17) is 10.6 Å². The summed E-state index contributed by atoms with van der Waals surface area (Å²) in [4.78, 5) is 10.9. The summed E-state index contributed by atoms with van der Waals surface area (Å²) in [5, 5.41) is 0. The molecule has 0 bridgehead atoms. The Hall–Kier alpha value is -1.62. The topological polar surface area (TPSA) is 64.3 Å². The summed E-state index contributed by atoms with van der Waals surface area (Å²) in [6.45, 7) is 3.63. The van der Waals surface area contributed by atoms with Crippen LogP contribution in [-0.4, -0.2) is 12.0 Å². The zero-order valence-electron chi connectivity index (χ0n) is 10.00. The largest absolute Gasteiger partial charge is 0.490 e. The van der Waals surface area contributed by atoms with Crippen LogP contribution >= 0.6 is 0 Å². The highest BCUT2D eigenvalue weighted by atomic mass is 19.1. The van der Waals surface area contributed by atoms with E-state index < -0.39 is 0 Å². The lowest BCUT2D eigenvalue weighted by molar-refractivity contribution is -0.121. The van der Waals surface area contributed by atoms with Gasteiger partial charge in [-0.3, -0.25) is 10.2 Å². The molecule has 0 saturated carbocycles. The highest BCUT2D eigenvalue weighted by Gasteiger charge is 2.09. The molecule has 1 aromatic rings. The molecule has 1 atom stereocenters. The Morgan fingerprint density at radius 1 is 1.59 bits per heavy atom. The van der Waals surface area contributed by atoms with Crippen LogP contribution in [0, 0.1) is 12.7 Å². The molecule has 5 heteroatoms. The van der Waals surface area contributed by atoms with Crippen LogP contribution in [0.3, 0.4) is 0 Å². The van der Waals surface area contributed by atoms with Crippen LogP contribution in [0.4, 0.5) is 4.39 Å². The Bertz CT molecular complexity index is 396. The molecule has 0 aliphatic rings. The number of nitrogens with one attached hydrogen (secondary N) is 1. The first kappa shape index (κ1) is 13.4. The highest BCUT2D eigenvalue weighted by molar-refractivity contribution is 5.75. The van der Waals surface area contributed by atoms with E-state index >= 15 is 0 Å². The zero-order valence-corrected chi connectivity index (χ0v) is 10.00. The summed E-state index contributed by atoms with van der Waals surface area (Å²) in [7, 11) is 0. The van der Waals surface area contributed by atoms with Crippen molar-refractivity contribution in [2.45, 2.75) is 32.8 Å². The van der Waals surface area contributed by atoms with E-state index in [1.165, 1.54) is 12.1 Å². The number of hydrazine groups is 1. The van der Waals surface area contributed by atoms with Crippen molar-refractivity contribution in [3.63, 3.8) is 0 Å². The maximum Gasteiger partial charge on any atom is 0.234 e. The van der Waals surface area contributed by atoms with Gasteiger partial charge in [-0.25, -0.2) is 10.2 Å². The maximum absolute atomic E-state index is 12.9. The van der Waals surface area contributed by atoms with Gasteiger partial charge in [-0.15, -0.1) is 0 Å². The summed E-state index contributed by atoms with van der Waals surface area (Å²) in [5.41, 5.74) is 2.80. The van der Waals surface area contributed by atoms with Gasteiger partial charge in [0.15, 0.2) is 0 Å². The fourth-order valence-corrected chi connectivity index (χ4v) is 1.43. The molecule has 0 heterocycles. The third-order valence-electron chi connectivity index (χ3n) is 2.40. The molecule has 94 valence electrons. The van der Waals surface area contributed by atoms with Gasteiger partial charge in [0.05, 0.1) is 6.10 Å². The smallest absolute Gasteiger partial charge is 0.234 e. The van der Waals surface area contributed by atoms with Crippen molar-refractivity contribution in [3.8, 4) is 5.75 Å². The molecule has 1 amide bonds.